The zero-order valence-electron chi connectivity index (χ0n) is 6.60. The molecule has 0 aliphatic carbocycles. The van der Waals surface area contributed by atoms with Crippen LogP contribution in [-0.2, 0) is 0 Å². The number of aliphatic hydroxyl groups excluding tert-OH is 1. The standard InChI is InChI=1S/C8H8ClF2NO/c9-8-5(11)2-1-4(10)7(8)6(13)3-12/h1-2,6,13H,3,12H2. The van der Waals surface area contributed by atoms with Gasteiger partial charge in [0.25, 0.3) is 0 Å². The van der Waals surface area contributed by atoms with E-state index in [2.05, 4.69) is 0 Å². The Labute approximate surface area is 78.9 Å². The lowest BCUT2D eigenvalue weighted by molar-refractivity contribution is 0.181. The van der Waals surface area contributed by atoms with E-state index in [0.717, 1.165) is 12.1 Å². The Morgan fingerprint density at radius 3 is 2.46 bits per heavy atom. The van der Waals surface area contributed by atoms with Crippen molar-refractivity contribution in [3.8, 4) is 0 Å². The SMILES string of the molecule is NCC(O)c1c(F)ccc(F)c1Cl. The van der Waals surface area contributed by atoms with Gasteiger partial charge in [-0.25, -0.2) is 8.78 Å². The number of aliphatic hydroxyl groups is 1. The highest BCUT2D eigenvalue weighted by molar-refractivity contribution is 6.31. The average molecular weight is 208 g/mol. The van der Waals surface area contributed by atoms with E-state index in [-0.39, 0.29) is 12.1 Å². The minimum Gasteiger partial charge on any atom is -0.387 e. The lowest BCUT2D eigenvalue weighted by Crippen LogP contribution is -2.14. The number of benzene rings is 1. The van der Waals surface area contributed by atoms with Crippen LogP contribution >= 0.6 is 11.6 Å². The van der Waals surface area contributed by atoms with Gasteiger partial charge in [-0.1, -0.05) is 11.6 Å². The van der Waals surface area contributed by atoms with Crippen molar-refractivity contribution in [3.63, 3.8) is 0 Å². The van der Waals surface area contributed by atoms with Crippen LogP contribution in [0.25, 0.3) is 0 Å². The lowest BCUT2D eigenvalue weighted by Gasteiger charge is -2.11. The van der Waals surface area contributed by atoms with Gasteiger partial charge >= 0.3 is 0 Å². The summed E-state index contributed by atoms with van der Waals surface area (Å²) in [5, 5.41) is 8.78. The molecule has 1 atom stereocenters. The molecule has 0 spiro atoms. The van der Waals surface area contributed by atoms with Crippen LogP contribution in [0.1, 0.15) is 11.7 Å². The Bertz CT molecular complexity index is 319. The molecule has 1 unspecified atom stereocenters. The van der Waals surface area contributed by atoms with E-state index in [1.165, 1.54) is 0 Å². The zero-order valence-corrected chi connectivity index (χ0v) is 7.35. The molecule has 0 aromatic heterocycles. The Morgan fingerprint density at radius 2 is 1.92 bits per heavy atom. The van der Waals surface area contributed by atoms with E-state index in [9.17, 15) is 13.9 Å². The quantitative estimate of drug-likeness (QED) is 0.724. The van der Waals surface area contributed by atoms with E-state index in [1.807, 2.05) is 0 Å². The molecule has 1 aromatic rings. The van der Waals surface area contributed by atoms with Crippen LogP contribution in [0.3, 0.4) is 0 Å². The van der Waals surface area contributed by atoms with E-state index >= 15 is 0 Å². The molecular formula is C8H8ClF2NO. The van der Waals surface area contributed by atoms with Gasteiger partial charge in [0.2, 0.25) is 0 Å². The summed E-state index contributed by atoms with van der Waals surface area (Å²) in [6.45, 7) is -0.208. The maximum atomic E-state index is 13.0. The van der Waals surface area contributed by atoms with Gasteiger partial charge in [-0.3, -0.25) is 0 Å². The minimum atomic E-state index is -1.27. The molecule has 0 fully saturated rings. The normalized spacial score (nSPS) is 13.0. The van der Waals surface area contributed by atoms with Crippen molar-refractivity contribution in [2.75, 3.05) is 6.54 Å². The van der Waals surface area contributed by atoms with E-state index in [0.29, 0.717) is 0 Å². The highest BCUT2D eigenvalue weighted by Crippen LogP contribution is 2.27. The van der Waals surface area contributed by atoms with Crippen LogP contribution in [0.15, 0.2) is 12.1 Å². The Morgan fingerprint density at radius 1 is 1.38 bits per heavy atom. The third kappa shape index (κ3) is 1.96. The van der Waals surface area contributed by atoms with E-state index in [4.69, 9.17) is 17.3 Å². The van der Waals surface area contributed by atoms with Crippen molar-refractivity contribution in [1.82, 2.24) is 0 Å². The highest BCUT2D eigenvalue weighted by atomic mass is 35.5. The van der Waals surface area contributed by atoms with Crippen molar-refractivity contribution in [2.45, 2.75) is 6.10 Å². The molecule has 5 heteroatoms. The molecule has 0 aliphatic heterocycles. The molecule has 72 valence electrons. The summed E-state index contributed by atoms with van der Waals surface area (Å²) in [6.07, 6.45) is -1.27. The minimum absolute atomic E-state index is 0.208. The zero-order chi connectivity index (χ0) is 10.0. The number of rotatable bonds is 2. The van der Waals surface area contributed by atoms with Crippen LogP contribution in [0.5, 0.6) is 0 Å². The average Bonchev–Trinajstić information content (AvgIpc) is 2.12. The maximum absolute atomic E-state index is 13.0. The summed E-state index contributed by atoms with van der Waals surface area (Å²) in [7, 11) is 0. The largest absolute Gasteiger partial charge is 0.387 e. The fourth-order valence-electron chi connectivity index (χ4n) is 0.966. The fraction of sp³-hybridized carbons (Fsp3) is 0.250. The molecule has 3 N–H and O–H groups in total. The van der Waals surface area contributed by atoms with E-state index in [1.54, 1.807) is 0 Å². The molecule has 0 radical (unpaired) electrons. The Balaban J connectivity index is 3.25. The van der Waals surface area contributed by atoms with Crippen molar-refractivity contribution in [3.05, 3.63) is 34.4 Å². The second-order valence-corrected chi connectivity index (χ2v) is 2.89. The summed E-state index contributed by atoms with van der Waals surface area (Å²) in [5.41, 5.74) is 4.81. The first kappa shape index (κ1) is 10.4. The Kier molecular flexibility index (Phi) is 3.19. The number of hydrogen-bond donors (Lipinski definition) is 2. The topological polar surface area (TPSA) is 46.2 Å². The van der Waals surface area contributed by atoms with Crippen LogP contribution in [0, 0.1) is 11.6 Å². The van der Waals surface area contributed by atoms with Crippen LogP contribution in [-0.4, -0.2) is 11.7 Å². The molecule has 0 saturated heterocycles. The third-order valence-corrected chi connectivity index (χ3v) is 2.02. The fourth-order valence-corrected chi connectivity index (χ4v) is 1.25. The molecule has 0 aliphatic rings. The maximum Gasteiger partial charge on any atom is 0.142 e. The van der Waals surface area contributed by atoms with Crippen molar-refractivity contribution in [2.24, 2.45) is 5.73 Å². The van der Waals surface area contributed by atoms with Gasteiger partial charge in [-0.05, 0) is 12.1 Å². The van der Waals surface area contributed by atoms with Gasteiger partial charge in [0.1, 0.15) is 11.6 Å². The van der Waals surface area contributed by atoms with Crippen LogP contribution in [0.4, 0.5) is 8.78 Å². The lowest BCUT2D eigenvalue weighted by atomic mass is 10.1. The van der Waals surface area contributed by atoms with Gasteiger partial charge in [0, 0.05) is 12.1 Å². The van der Waals surface area contributed by atoms with Crippen molar-refractivity contribution >= 4 is 11.6 Å². The monoisotopic (exact) mass is 207 g/mol. The summed E-state index contributed by atoms with van der Waals surface area (Å²) in [5.74, 6) is -1.53. The van der Waals surface area contributed by atoms with Crippen LogP contribution in [0.2, 0.25) is 5.02 Å². The smallest absolute Gasteiger partial charge is 0.142 e. The summed E-state index contributed by atoms with van der Waals surface area (Å²) in [4.78, 5) is 0. The van der Waals surface area contributed by atoms with Crippen LogP contribution < -0.4 is 5.73 Å². The third-order valence-electron chi connectivity index (χ3n) is 1.64. The molecule has 0 amide bonds. The predicted octanol–water partition coefficient (Wildman–Crippen LogP) is 1.61. The molecule has 0 saturated carbocycles. The number of hydrogen-bond acceptors (Lipinski definition) is 2. The Hall–Kier alpha value is -0.710. The molecule has 0 heterocycles. The molecule has 13 heavy (non-hydrogen) atoms. The summed E-state index contributed by atoms with van der Waals surface area (Å²) in [6, 6.07) is 1.79. The summed E-state index contributed by atoms with van der Waals surface area (Å²) < 4.78 is 25.8. The summed E-state index contributed by atoms with van der Waals surface area (Å²) >= 11 is 5.44. The molecule has 1 aromatic carbocycles. The van der Waals surface area contributed by atoms with E-state index < -0.39 is 22.8 Å². The van der Waals surface area contributed by atoms with Crippen molar-refractivity contribution in [1.29, 1.82) is 0 Å². The molecular weight excluding hydrogens is 200 g/mol. The van der Waals surface area contributed by atoms with Gasteiger partial charge in [-0.2, -0.15) is 0 Å². The predicted molar refractivity (Wildman–Crippen MR) is 45.4 cm³/mol. The first-order valence-corrected chi connectivity index (χ1v) is 3.97. The number of nitrogens with two attached hydrogens (primary N) is 1. The van der Waals surface area contributed by atoms with Gasteiger partial charge in [0.05, 0.1) is 11.1 Å². The molecule has 0 bridgehead atoms. The highest BCUT2D eigenvalue weighted by Gasteiger charge is 2.18. The first-order chi connectivity index (χ1) is 6.07. The van der Waals surface area contributed by atoms with Gasteiger partial charge in [-0.15, -0.1) is 0 Å². The second-order valence-electron chi connectivity index (χ2n) is 2.51. The number of halogens is 3. The molecule has 1 rings (SSSR count). The first-order valence-electron chi connectivity index (χ1n) is 3.59. The van der Waals surface area contributed by atoms with Crippen molar-refractivity contribution < 1.29 is 13.9 Å². The van der Waals surface area contributed by atoms with Gasteiger partial charge < -0.3 is 10.8 Å². The molecule has 2 nitrogen and oxygen atoms in total. The second kappa shape index (κ2) is 4.00. The van der Waals surface area contributed by atoms with Gasteiger partial charge in [0.15, 0.2) is 0 Å².